The Morgan fingerprint density at radius 1 is 1.39 bits per heavy atom. The van der Waals surface area contributed by atoms with Crippen LogP contribution in [0.1, 0.15) is 0 Å². The number of nitrogens with zero attached hydrogens (tertiary/aromatic N) is 2. The lowest BCUT2D eigenvalue weighted by molar-refractivity contribution is 0.0925. The van der Waals surface area contributed by atoms with Crippen molar-refractivity contribution in [2.24, 2.45) is 0 Å². The van der Waals surface area contributed by atoms with Crippen LogP contribution in [-0.4, -0.2) is 27.4 Å². The van der Waals surface area contributed by atoms with Gasteiger partial charge in [0.2, 0.25) is 0 Å². The van der Waals surface area contributed by atoms with Crippen molar-refractivity contribution in [2.45, 2.75) is 12.6 Å². The molecule has 0 amide bonds. The molecule has 1 aromatic carbocycles. The lowest BCUT2D eigenvalue weighted by Gasteiger charge is -2.13. The summed E-state index contributed by atoms with van der Waals surface area (Å²) >= 11 is 11.8. The number of halogens is 2. The Hall–Kier alpha value is -1.23. The van der Waals surface area contributed by atoms with Crippen LogP contribution in [0.2, 0.25) is 10.0 Å². The van der Waals surface area contributed by atoms with Crippen LogP contribution in [0.15, 0.2) is 36.9 Å². The number of aromatic nitrogens is 2. The number of imidazole rings is 1. The second kappa shape index (κ2) is 6.09. The van der Waals surface area contributed by atoms with Crippen LogP contribution in [0.3, 0.4) is 0 Å². The minimum absolute atomic E-state index is 0.137. The van der Waals surface area contributed by atoms with Crippen LogP contribution < -0.4 is 4.74 Å². The Morgan fingerprint density at radius 3 is 2.94 bits per heavy atom. The molecule has 1 N–H and O–H groups in total. The highest BCUT2D eigenvalue weighted by Crippen LogP contribution is 2.27. The number of aliphatic hydroxyl groups is 1. The first-order valence-electron chi connectivity index (χ1n) is 5.37. The molecule has 0 radical (unpaired) electrons. The van der Waals surface area contributed by atoms with Gasteiger partial charge in [0, 0.05) is 23.5 Å². The highest BCUT2D eigenvalue weighted by Gasteiger charge is 2.08. The van der Waals surface area contributed by atoms with Crippen LogP contribution in [0, 0.1) is 0 Å². The van der Waals surface area contributed by atoms with E-state index < -0.39 is 6.10 Å². The zero-order chi connectivity index (χ0) is 13.0. The summed E-state index contributed by atoms with van der Waals surface area (Å²) in [6, 6.07) is 4.95. The van der Waals surface area contributed by atoms with Gasteiger partial charge in [-0.3, -0.25) is 0 Å². The molecular formula is C12H12Cl2N2O2. The van der Waals surface area contributed by atoms with Crippen molar-refractivity contribution in [2.75, 3.05) is 6.61 Å². The molecular weight excluding hydrogens is 275 g/mol. The monoisotopic (exact) mass is 286 g/mol. The molecule has 0 saturated heterocycles. The summed E-state index contributed by atoms with van der Waals surface area (Å²) < 4.78 is 7.20. The molecule has 1 heterocycles. The van der Waals surface area contributed by atoms with Gasteiger partial charge in [0.25, 0.3) is 0 Å². The molecule has 0 saturated carbocycles. The molecule has 0 fully saturated rings. The van der Waals surface area contributed by atoms with Crippen LogP contribution >= 0.6 is 23.2 Å². The summed E-state index contributed by atoms with van der Waals surface area (Å²) in [5.41, 5.74) is 0. The number of rotatable bonds is 5. The first-order chi connectivity index (χ1) is 8.65. The van der Waals surface area contributed by atoms with Crippen LogP contribution in [0.5, 0.6) is 5.75 Å². The maximum absolute atomic E-state index is 9.79. The second-order valence-electron chi connectivity index (χ2n) is 3.80. The van der Waals surface area contributed by atoms with E-state index in [-0.39, 0.29) is 6.61 Å². The maximum Gasteiger partial charge on any atom is 0.139 e. The number of ether oxygens (including phenoxy) is 1. The predicted molar refractivity (Wildman–Crippen MR) is 70.2 cm³/mol. The van der Waals surface area contributed by atoms with Crippen molar-refractivity contribution in [1.29, 1.82) is 0 Å². The molecule has 0 bridgehead atoms. The van der Waals surface area contributed by atoms with E-state index in [9.17, 15) is 5.11 Å². The molecule has 2 aromatic rings. The van der Waals surface area contributed by atoms with Gasteiger partial charge in [-0.15, -0.1) is 0 Å². The number of aliphatic hydroxyl groups excluding tert-OH is 1. The Bertz CT molecular complexity index is 503. The average Bonchev–Trinajstić information content (AvgIpc) is 2.83. The molecule has 18 heavy (non-hydrogen) atoms. The Kier molecular flexibility index (Phi) is 4.47. The van der Waals surface area contributed by atoms with Crippen molar-refractivity contribution in [3.63, 3.8) is 0 Å². The molecule has 2 rings (SSSR count). The fraction of sp³-hybridized carbons (Fsp3) is 0.250. The fourth-order valence-electron chi connectivity index (χ4n) is 1.46. The molecule has 1 aromatic heterocycles. The quantitative estimate of drug-likeness (QED) is 0.919. The number of hydrogen-bond donors (Lipinski definition) is 1. The van der Waals surface area contributed by atoms with E-state index >= 15 is 0 Å². The van der Waals surface area contributed by atoms with Crippen molar-refractivity contribution in [3.8, 4) is 5.75 Å². The summed E-state index contributed by atoms with van der Waals surface area (Å²) in [6.07, 6.45) is 4.42. The van der Waals surface area contributed by atoms with Gasteiger partial charge in [0.05, 0.1) is 17.9 Å². The molecule has 0 aliphatic rings. The van der Waals surface area contributed by atoms with Crippen molar-refractivity contribution < 1.29 is 9.84 Å². The number of hydrogen-bond acceptors (Lipinski definition) is 3. The van der Waals surface area contributed by atoms with Crippen LogP contribution in [0.25, 0.3) is 0 Å². The Balaban J connectivity index is 1.89. The summed E-state index contributed by atoms with van der Waals surface area (Å²) in [5, 5.41) is 10.8. The highest BCUT2D eigenvalue weighted by molar-refractivity contribution is 6.34. The molecule has 0 aliphatic heterocycles. The van der Waals surface area contributed by atoms with E-state index in [2.05, 4.69) is 4.98 Å². The first kappa shape index (κ1) is 13.2. The third-order valence-corrected chi connectivity index (χ3v) is 2.85. The van der Waals surface area contributed by atoms with E-state index in [1.165, 1.54) is 0 Å². The minimum Gasteiger partial charge on any atom is -0.489 e. The molecule has 1 unspecified atom stereocenters. The molecule has 1 atom stereocenters. The van der Waals surface area contributed by atoms with Gasteiger partial charge in [0.1, 0.15) is 18.5 Å². The fourth-order valence-corrected chi connectivity index (χ4v) is 1.80. The molecule has 4 nitrogen and oxygen atoms in total. The largest absolute Gasteiger partial charge is 0.489 e. The third-order valence-electron chi connectivity index (χ3n) is 2.31. The molecule has 96 valence electrons. The average molecular weight is 287 g/mol. The normalized spacial score (nSPS) is 12.4. The lowest BCUT2D eigenvalue weighted by Crippen LogP contribution is -2.23. The van der Waals surface area contributed by atoms with Crippen molar-refractivity contribution in [3.05, 3.63) is 47.0 Å². The Labute approximate surface area is 115 Å². The van der Waals surface area contributed by atoms with Gasteiger partial charge < -0.3 is 14.4 Å². The van der Waals surface area contributed by atoms with Gasteiger partial charge in [0.15, 0.2) is 0 Å². The minimum atomic E-state index is -0.644. The van der Waals surface area contributed by atoms with E-state index in [1.807, 2.05) is 0 Å². The standard InChI is InChI=1S/C12H12Cl2N2O2/c13-9-1-2-11(14)12(5-9)18-7-10(17)6-16-4-3-15-8-16/h1-5,8,10,17H,6-7H2. The SMILES string of the molecule is OC(COc1cc(Cl)ccc1Cl)Cn1ccnc1. The summed E-state index contributed by atoms with van der Waals surface area (Å²) in [5.74, 6) is 0.467. The van der Waals surface area contributed by atoms with Crippen molar-refractivity contribution in [1.82, 2.24) is 9.55 Å². The zero-order valence-corrected chi connectivity index (χ0v) is 11.0. The molecule has 6 heteroatoms. The lowest BCUT2D eigenvalue weighted by atomic mass is 10.3. The topological polar surface area (TPSA) is 47.3 Å². The molecule has 0 aliphatic carbocycles. The van der Waals surface area contributed by atoms with E-state index in [4.69, 9.17) is 27.9 Å². The van der Waals surface area contributed by atoms with Crippen LogP contribution in [0.4, 0.5) is 0 Å². The zero-order valence-electron chi connectivity index (χ0n) is 9.46. The second-order valence-corrected chi connectivity index (χ2v) is 4.64. The number of benzene rings is 1. The smallest absolute Gasteiger partial charge is 0.139 e. The van der Waals surface area contributed by atoms with E-state index in [0.29, 0.717) is 22.3 Å². The summed E-state index contributed by atoms with van der Waals surface area (Å²) in [6.45, 7) is 0.552. The van der Waals surface area contributed by atoms with Gasteiger partial charge in [-0.2, -0.15) is 0 Å². The van der Waals surface area contributed by atoms with Gasteiger partial charge in [-0.05, 0) is 12.1 Å². The highest BCUT2D eigenvalue weighted by atomic mass is 35.5. The first-order valence-corrected chi connectivity index (χ1v) is 6.12. The maximum atomic E-state index is 9.79. The predicted octanol–water partition coefficient (Wildman–Crippen LogP) is 2.63. The van der Waals surface area contributed by atoms with E-state index in [0.717, 1.165) is 0 Å². The third kappa shape index (κ3) is 3.63. The van der Waals surface area contributed by atoms with Gasteiger partial charge >= 0.3 is 0 Å². The molecule has 0 spiro atoms. The van der Waals surface area contributed by atoms with Gasteiger partial charge in [-0.25, -0.2) is 4.98 Å². The van der Waals surface area contributed by atoms with Gasteiger partial charge in [-0.1, -0.05) is 23.2 Å². The van der Waals surface area contributed by atoms with Crippen molar-refractivity contribution >= 4 is 23.2 Å². The van der Waals surface area contributed by atoms with E-state index in [1.54, 1.807) is 41.5 Å². The summed E-state index contributed by atoms with van der Waals surface area (Å²) in [4.78, 5) is 3.89. The summed E-state index contributed by atoms with van der Waals surface area (Å²) in [7, 11) is 0. The Morgan fingerprint density at radius 2 is 2.22 bits per heavy atom. The van der Waals surface area contributed by atoms with Crippen LogP contribution in [-0.2, 0) is 6.54 Å².